The topological polar surface area (TPSA) is 42.0 Å². The lowest BCUT2D eigenvalue weighted by molar-refractivity contribution is 0.254. The van der Waals surface area contributed by atoms with Crippen molar-refractivity contribution in [2.45, 2.75) is 25.9 Å². The van der Waals surface area contributed by atoms with Gasteiger partial charge >= 0.3 is 0 Å². The smallest absolute Gasteiger partial charge is 0.161 e. The van der Waals surface area contributed by atoms with Crippen LogP contribution in [0.2, 0.25) is 0 Å². The van der Waals surface area contributed by atoms with Crippen molar-refractivity contribution in [3.05, 3.63) is 23.8 Å². The van der Waals surface area contributed by atoms with E-state index in [1.165, 1.54) is 5.56 Å². The Hall–Kier alpha value is -1.22. The summed E-state index contributed by atoms with van der Waals surface area (Å²) in [5.41, 5.74) is 1.20. The Morgan fingerprint density at radius 2 is 2.33 bits per heavy atom. The van der Waals surface area contributed by atoms with Crippen molar-refractivity contribution >= 4 is 0 Å². The molecule has 0 aromatic heterocycles. The quantitative estimate of drug-likeness (QED) is 0.754. The lowest BCUT2D eigenvalue weighted by atomic mass is 10.1. The molecule has 1 fully saturated rings. The van der Waals surface area contributed by atoms with Gasteiger partial charge in [-0.15, -0.1) is 0 Å². The van der Waals surface area contributed by atoms with Gasteiger partial charge in [0.05, 0.1) is 6.61 Å². The van der Waals surface area contributed by atoms with E-state index < -0.39 is 0 Å². The predicted octanol–water partition coefficient (Wildman–Crippen LogP) is 2.12. The van der Waals surface area contributed by atoms with Crippen molar-refractivity contribution in [1.82, 2.24) is 0 Å². The SMILES string of the molecule is CCCc1ccc(O)c(OCC2CO2)c1. The van der Waals surface area contributed by atoms with Crippen molar-refractivity contribution in [1.29, 1.82) is 0 Å². The lowest BCUT2D eigenvalue weighted by Crippen LogP contribution is -2.04. The number of benzene rings is 1. The van der Waals surface area contributed by atoms with E-state index in [9.17, 15) is 5.11 Å². The summed E-state index contributed by atoms with van der Waals surface area (Å²) in [6, 6.07) is 5.52. The van der Waals surface area contributed by atoms with Crippen molar-refractivity contribution in [3.8, 4) is 11.5 Å². The second-order valence-electron chi connectivity index (χ2n) is 3.82. The zero-order valence-electron chi connectivity index (χ0n) is 8.90. The molecule has 0 saturated carbocycles. The number of phenolic OH excluding ortho intramolecular Hbond substituents is 1. The molecule has 15 heavy (non-hydrogen) atoms. The molecule has 3 heteroatoms. The number of epoxide rings is 1. The van der Waals surface area contributed by atoms with Gasteiger partial charge in [0.1, 0.15) is 12.7 Å². The van der Waals surface area contributed by atoms with E-state index in [1.54, 1.807) is 6.07 Å². The molecule has 1 N–H and O–H groups in total. The molecule has 1 atom stereocenters. The number of hydrogen-bond acceptors (Lipinski definition) is 3. The molecule has 1 aliphatic rings. The van der Waals surface area contributed by atoms with Crippen molar-refractivity contribution < 1.29 is 14.6 Å². The zero-order chi connectivity index (χ0) is 10.7. The zero-order valence-corrected chi connectivity index (χ0v) is 8.90. The van der Waals surface area contributed by atoms with Gasteiger partial charge in [-0.25, -0.2) is 0 Å². The van der Waals surface area contributed by atoms with Gasteiger partial charge in [-0.1, -0.05) is 19.4 Å². The number of ether oxygens (including phenoxy) is 2. The van der Waals surface area contributed by atoms with Crippen LogP contribution in [-0.2, 0) is 11.2 Å². The van der Waals surface area contributed by atoms with Gasteiger partial charge in [-0.2, -0.15) is 0 Å². The Morgan fingerprint density at radius 1 is 1.53 bits per heavy atom. The van der Waals surface area contributed by atoms with Crippen LogP contribution in [0.15, 0.2) is 18.2 Å². The first kappa shape index (κ1) is 10.3. The molecule has 0 aliphatic carbocycles. The molecule has 1 saturated heterocycles. The highest BCUT2D eigenvalue weighted by Crippen LogP contribution is 2.28. The summed E-state index contributed by atoms with van der Waals surface area (Å²) < 4.78 is 10.5. The fraction of sp³-hybridized carbons (Fsp3) is 0.500. The summed E-state index contributed by atoms with van der Waals surface area (Å²) in [5.74, 6) is 0.770. The summed E-state index contributed by atoms with van der Waals surface area (Å²) in [6.45, 7) is 3.43. The third-order valence-electron chi connectivity index (χ3n) is 2.39. The minimum absolute atomic E-state index is 0.204. The molecular weight excluding hydrogens is 192 g/mol. The maximum atomic E-state index is 9.57. The van der Waals surface area contributed by atoms with Gasteiger partial charge in [0.15, 0.2) is 11.5 Å². The van der Waals surface area contributed by atoms with Crippen molar-refractivity contribution in [2.24, 2.45) is 0 Å². The Balaban J connectivity index is 2.01. The first-order valence-corrected chi connectivity index (χ1v) is 5.36. The highest BCUT2D eigenvalue weighted by molar-refractivity contribution is 5.41. The molecule has 1 unspecified atom stereocenters. The molecule has 0 bridgehead atoms. The molecule has 3 nitrogen and oxygen atoms in total. The van der Waals surface area contributed by atoms with Crippen LogP contribution in [-0.4, -0.2) is 24.4 Å². The Bertz CT molecular complexity index is 332. The van der Waals surface area contributed by atoms with E-state index in [-0.39, 0.29) is 11.9 Å². The Labute approximate surface area is 89.6 Å². The highest BCUT2D eigenvalue weighted by Gasteiger charge is 2.23. The van der Waals surface area contributed by atoms with Gasteiger partial charge in [-0.05, 0) is 24.1 Å². The lowest BCUT2D eigenvalue weighted by Gasteiger charge is -2.08. The van der Waals surface area contributed by atoms with Crippen LogP contribution >= 0.6 is 0 Å². The fourth-order valence-electron chi connectivity index (χ4n) is 1.47. The second-order valence-corrected chi connectivity index (χ2v) is 3.82. The number of hydrogen-bond donors (Lipinski definition) is 1. The van der Waals surface area contributed by atoms with Crippen LogP contribution in [0.1, 0.15) is 18.9 Å². The molecule has 2 rings (SSSR count). The van der Waals surface area contributed by atoms with E-state index in [4.69, 9.17) is 9.47 Å². The van der Waals surface area contributed by atoms with Crippen LogP contribution in [0, 0.1) is 0 Å². The highest BCUT2D eigenvalue weighted by atomic mass is 16.6. The minimum Gasteiger partial charge on any atom is -0.504 e. The maximum absolute atomic E-state index is 9.57. The predicted molar refractivity (Wildman–Crippen MR) is 57.3 cm³/mol. The molecule has 1 aliphatic heterocycles. The van der Waals surface area contributed by atoms with Crippen molar-refractivity contribution in [3.63, 3.8) is 0 Å². The molecule has 0 spiro atoms. The van der Waals surface area contributed by atoms with Gasteiger partial charge in [0, 0.05) is 0 Å². The molecule has 82 valence electrons. The van der Waals surface area contributed by atoms with Gasteiger partial charge in [0.2, 0.25) is 0 Å². The average molecular weight is 208 g/mol. The average Bonchev–Trinajstić information content (AvgIpc) is 3.03. The van der Waals surface area contributed by atoms with E-state index in [2.05, 4.69) is 6.92 Å². The number of aromatic hydroxyl groups is 1. The van der Waals surface area contributed by atoms with E-state index in [0.717, 1.165) is 19.4 Å². The number of aryl methyl sites for hydroxylation is 1. The molecule has 1 aromatic rings. The summed E-state index contributed by atoms with van der Waals surface area (Å²) in [6.07, 6.45) is 2.33. The molecule has 0 amide bonds. The van der Waals surface area contributed by atoms with Crippen LogP contribution in [0.3, 0.4) is 0 Å². The summed E-state index contributed by atoms with van der Waals surface area (Å²) >= 11 is 0. The van der Waals surface area contributed by atoms with Crippen LogP contribution in [0.25, 0.3) is 0 Å². The summed E-state index contributed by atoms with van der Waals surface area (Å²) in [7, 11) is 0. The third kappa shape index (κ3) is 2.86. The molecular formula is C12H16O3. The van der Waals surface area contributed by atoms with Gasteiger partial charge < -0.3 is 14.6 Å². The minimum atomic E-state index is 0.204. The molecule has 0 radical (unpaired) electrons. The van der Waals surface area contributed by atoms with Crippen molar-refractivity contribution in [2.75, 3.05) is 13.2 Å². The Kier molecular flexibility index (Phi) is 3.11. The maximum Gasteiger partial charge on any atom is 0.161 e. The van der Waals surface area contributed by atoms with Gasteiger partial charge in [0.25, 0.3) is 0 Å². The number of rotatable bonds is 5. The standard InChI is InChI=1S/C12H16O3/c1-2-3-9-4-5-11(13)12(6-9)15-8-10-7-14-10/h4-6,10,13H,2-3,7-8H2,1H3. The molecule has 1 heterocycles. The second kappa shape index (κ2) is 4.53. The third-order valence-corrected chi connectivity index (χ3v) is 2.39. The van der Waals surface area contributed by atoms with E-state index in [0.29, 0.717) is 12.4 Å². The fourth-order valence-corrected chi connectivity index (χ4v) is 1.47. The van der Waals surface area contributed by atoms with Gasteiger partial charge in [-0.3, -0.25) is 0 Å². The monoisotopic (exact) mass is 208 g/mol. The van der Waals surface area contributed by atoms with Crippen LogP contribution < -0.4 is 4.74 Å². The Morgan fingerprint density at radius 3 is 3.00 bits per heavy atom. The van der Waals surface area contributed by atoms with Crippen LogP contribution in [0.4, 0.5) is 0 Å². The van der Waals surface area contributed by atoms with Crippen LogP contribution in [0.5, 0.6) is 11.5 Å². The number of phenols is 1. The first-order chi connectivity index (χ1) is 7.29. The van der Waals surface area contributed by atoms with E-state index >= 15 is 0 Å². The normalized spacial score (nSPS) is 18.9. The summed E-state index contributed by atoms with van der Waals surface area (Å²) in [4.78, 5) is 0. The first-order valence-electron chi connectivity index (χ1n) is 5.36. The van der Waals surface area contributed by atoms with E-state index in [1.807, 2.05) is 12.1 Å². The molecule has 1 aromatic carbocycles. The largest absolute Gasteiger partial charge is 0.504 e. The summed E-state index contributed by atoms with van der Waals surface area (Å²) in [5, 5.41) is 9.57.